The van der Waals surface area contributed by atoms with Crippen LogP contribution in [-0.4, -0.2) is 35.7 Å². The van der Waals surface area contributed by atoms with Crippen LogP contribution in [0.2, 0.25) is 0 Å². The van der Waals surface area contributed by atoms with E-state index in [0.29, 0.717) is 0 Å². The Morgan fingerprint density at radius 2 is 1.84 bits per heavy atom. The Bertz CT molecular complexity index is 548. The van der Waals surface area contributed by atoms with Gasteiger partial charge in [-0.05, 0) is 24.1 Å². The van der Waals surface area contributed by atoms with Gasteiger partial charge in [0.15, 0.2) is 0 Å². The molecule has 0 atom stereocenters. The molecule has 0 aliphatic carbocycles. The largest absolute Gasteiger partial charge is 0.321 e. The van der Waals surface area contributed by atoms with Crippen molar-refractivity contribution in [1.82, 2.24) is 10.2 Å². The van der Waals surface area contributed by atoms with Gasteiger partial charge in [-0.2, -0.15) is 0 Å². The first-order valence-electron chi connectivity index (χ1n) is 5.91. The number of piperazine rings is 1. The number of amides is 3. The number of carbonyl (C=O) groups is 3. The molecule has 2 rings (SSSR count). The van der Waals surface area contributed by atoms with Crippen molar-refractivity contribution in [1.29, 1.82) is 0 Å². The number of rotatable bonds is 2. The second kappa shape index (κ2) is 5.48. The lowest BCUT2D eigenvalue weighted by molar-refractivity contribution is -0.143. The lowest BCUT2D eigenvalue weighted by Gasteiger charge is -2.24. The minimum atomic E-state index is -0.450. The molecule has 1 saturated heterocycles. The summed E-state index contributed by atoms with van der Waals surface area (Å²) in [6, 6.07) is 7.65. The Morgan fingerprint density at radius 1 is 1.21 bits per heavy atom. The third-order valence-electron chi connectivity index (χ3n) is 2.85. The molecule has 0 aromatic heterocycles. The first-order chi connectivity index (χ1) is 9.06. The first kappa shape index (κ1) is 13.0. The van der Waals surface area contributed by atoms with Gasteiger partial charge in [-0.25, -0.2) is 0 Å². The van der Waals surface area contributed by atoms with Crippen molar-refractivity contribution in [3.63, 3.8) is 0 Å². The molecule has 1 heterocycles. The molecule has 3 amide bonds. The number of hydrogen-bond acceptors (Lipinski definition) is 3. The van der Waals surface area contributed by atoms with Crippen molar-refractivity contribution in [2.24, 2.45) is 0 Å². The third-order valence-corrected chi connectivity index (χ3v) is 2.85. The van der Waals surface area contributed by atoms with Crippen LogP contribution in [0.15, 0.2) is 30.3 Å². The molecular formula is C14H14N2O3. The van der Waals surface area contributed by atoms with E-state index in [1.54, 1.807) is 6.08 Å². The summed E-state index contributed by atoms with van der Waals surface area (Å²) in [5.74, 6) is -1.24. The number of benzene rings is 1. The number of hydrogen-bond donors (Lipinski definition) is 1. The molecule has 5 heteroatoms. The van der Waals surface area contributed by atoms with Gasteiger partial charge in [0.2, 0.25) is 17.7 Å². The van der Waals surface area contributed by atoms with Crippen LogP contribution in [0.4, 0.5) is 0 Å². The lowest BCUT2D eigenvalue weighted by atomic mass is 10.1. The van der Waals surface area contributed by atoms with E-state index >= 15 is 0 Å². The zero-order valence-electron chi connectivity index (χ0n) is 10.6. The summed E-state index contributed by atoms with van der Waals surface area (Å²) >= 11 is 0. The van der Waals surface area contributed by atoms with Crippen LogP contribution < -0.4 is 5.32 Å². The van der Waals surface area contributed by atoms with Crippen LogP contribution in [0.3, 0.4) is 0 Å². The van der Waals surface area contributed by atoms with E-state index in [9.17, 15) is 14.4 Å². The van der Waals surface area contributed by atoms with Crippen molar-refractivity contribution < 1.29 is 14.4 Å². The second-order valence-corrected chi connectivity index (χ2v) is 4.36. The number of carbonyl (C=O) groups excluding carboxylic acids is 3. The maximum atomic E-state index is 11.9. The van der Waals surface area contributed by atoms with Gasteiger partial charge in [0.25, 0.3) is 0 Å². The maximum Gasteiger partial charge on any atom is 0.247 e. The zero-order chi connectivity index (χ0) is 13.8. The predicted molar refractivity (Wildman–Crippen MR) is 69.9 cm³/mol. The summed E-state index contributed by atoms with van der Waals surface area (Å²) in [6.45, 7) is 1.79. The van der Waals surface area contributed by atoms with Crippen molar-refractivity contribution in [2.75, 3.05) is 13.1 Å². The topological polar surface area (TPSA) is 66.5 Å². The van der Waals surface area contributed by atoms with Gasteiger partial charge < -0.3 is 4.90 Å². The number of nitrogens with zero attached hydrogens (tertiary/aromatic N) is 1. The predicted octanol–water partition coefficient (Wildman–Crippen LogP) is 0.493. The molecule has 0 radical (unpaired) electrons. The standard InChI is InChI=1S/C14H14N2O3/c1-10-4-2-3-5-11(10)6-7-14(19)16-8-12(17)15-13(18)9-16/h2-7H,8-9H2,1H3,(H,15,17,18). The van der Waals surface area contributed by atoms with Gasteiger partial charge in [0.1, 0.15) is 13.1 Å². The molecule has 98 valence electrons. The number of nitrogens with one attached hydrogen (secondary N) is 1. The van der Waals surface area contributed by atoms with E-state index in [1.165, 1.54) is 11.0 Å². The smallest absolute Gasteiger partial charge is 0.247 e. The van der Waals surface area contributed by atoms with Crippen LogP contribution in [0.5, 0.6) is 0 Å². The molecule has 0 spiro atoms. The molecule has 1 aliphatic heterocycles. The molecule has 1 aromatic rings. The molecule has 0 bridgehead atoms. The van der Waals surface area contributed by atoms with E-state index in [4.69, 9.17) is 0 Å². The van der Waals surface area contributed by atoms with Crippen molar-refractivity contribution >= 4 is 23.8 Å². The minimum Gasteiger partial charge on any atom is -0.321 e. The number of imide groups is 1. The highest BCUT2D eigenvalue weighted by Gasteiger charge is 2.24. The molecular weight excluding hydrogens is 244 g/mol. The average molecular weight is 258 g/mol. The molecule has 0 unspecified atom stereocenters. The fourth-order valence-electron chi connectivity index (χ4n) is 1.83. The third kappa shape index (κ3) is 3.28. The van der Waals surface area contributed by atoms with Crippen molar-refractivity contribution in [2.45, 2.75) is 6.92 Å². The molecule has 0 saturated carbocycles. The fraction of sp³-hybridized carbons (Fsp3) is 0.214. The van der Waals surface area contributed by atoms with Crippen molar-refractivity contribution in [3.8, 4) is 0 Å². The Labute approximate surface area is 110 Å². The SMILES string of the molecule is Cc1ccccc1C=CC(=O)N1CC(=O)NC(=O)C1. The van der Waals surface area contributed by atoms with Gasteiger partial charge in [0, 0.05) is 6.08 Å². The second-order valence-electron chi connectivity index (χ2n) is 4.36. The van der Waals surface area contributed by atoms with E-state index in [2.05, 4.69) is 5.32 Å². The zero-order valence-corrected chi connectivity index (χ0v) is 10.6. The Hall–Kier alpha value is -2.43. The van der Waals surface area contributed by atoms with E-state index in [0.717, 1.165) is 11.1 Å². The Morgan fingerprint density at radius 3 is 2.47 bits per heavy atom. The first-order valence-corrected chi connectivity index (χ1v) is 5.91. The summed E-state index contributed by atoms with van der Waals surface area (Å²) in [5.41, 5.74) is 1.99. The molecule has 1 N–H and O–H groups in total. The number of aryl methyl sites for hydroxylation is 1. The van der Waals surface area contributed by atoms with Crippen LogP contribution in [0, 0.1) is 6.92 Å². The van der Waals surface area contributed by atoms with Crippen LogP contribution in [0.1, 0.15) is 11.1 Å². The van der Waals surface area contributed by atoms with E-state index in [1.807, 2.05) is 31.2 Å². The lowest BCUT2D eigenvalue weighted by Crippen LogP contribution is -2.52. The van der Waals surface area contributed by atoms with Crippen LogP contribution >= 0.6 is 0 Å². The van der Waals surface area contributed by atoms with Gasteiger partial charge in [0.05, 0.1) is 0 Å². The molecule has 1 aliphatic rings. The molecule has 1 fully saturated rings. The van der Waals surface area contributed by atoms with Gasteiger partial charge in [-0.3, -0.25) is 19.7 Å². The Kier molecular flexibility index (Phi) is 3.75. The van der Waals surface area contributed by atoms with E-state index < -0.39 is 11.8 Å². The van der Waals surface area contributed by atoms with Gasteiger partial charge in [-0.1, -0.05) is 24.3 Å². The highest BCUT2D eigenvalue weighted by Crippen LogP contribution is 2.09. The van der Waals surface area contributed by atoms with Gasteiger partial charge >= 0.3 is 0 Å². The summed E-state index contributed by atoms with van der Waals surface area (Å²) in [5, 5.41) is 2.15. The van der Waals surface area contributed by atoms with E-state index in [-0.39, 0.29) is 19.0 Å². The average Bonchev–Trinajstić information content (AvgIpc) is 2.36. The normalized spacial score (nSPS) is 15.7. The van der Waals surface area contributed by atoms with Crippen molar-refractivity contribution in [3.05, 3.63) is 41.5 Å². The van der Waals surface area contributed by atoms with Crippen LogP contribution in [0.25, 0.3) is 6.08 Å². The monoisotopic (exact) mass is 258 g/mol. The Balaban J connectivity index is 2.07. The minimum absolute atomic E-state index is 0.0807. The van der Waals surface area contributed by atoms with Crippen LogP contribution in [-0.2, 0) is 14.4 Å². The highest BCUT2D eigenvalue weighted by atomic mass is 16.2. The quantitative estimate of drug-likeness (QED) is 0.620. The summed E-state index contributed by atoms with van der Waals surface area (Å²) in [6.07, 6.45) is 3.07. The van der Waals surface area contributed by atoms with Gasteiger partial charge in [-0.15, -0.1) is 0 Å². The summed E-state index contributed by atoms with van der Waals surface area (Å²) in [7, 11) is 0. The fourth-order valence-corrected chi connectivity index (χ4v) is 1.83. The molecule has 19 heavy (non-hydrogen) atoms. The molecule has 1 aromatic carbocycles. The molecule has 5 nitrogen and oxygen atoms in total. The maximum absolute atomic E-state index is 11.9. The summed E-state index contributed by atoms with van der Waals surface area (Å²) in [4.78, 5) is 35.4. The summed E-state index contributed by atoms with van der Waals surface area (Å²) < 4.78 is 0. The highest BCUT2D eigenvalue weighted by molar-refractivity contribution is 6.04.